The van der Waals surface area contributed by atoms with Gasteiger partial charge in [-0.25, -0.2) is 8.78 Å². The fraction of sp³-hybridized carbons (Fsp3) is 0.214. The largest absolute Gasteiger partial charge is 0.469 e. The molecule has 0 amide bonds. The molecule has 94 valence electrons. The number of carbonyl (C=O) groups is 1. The fourth-order valence-corrected chi connectivity index (χ4v) is 1.70. The molecule has 0 radical (unpaired) electrons. The zero-order valence-corrected chi connectivity index (χ0v) is 9.66. The molecule has 1 aromatic carbocycles. The third-order valence-electron chi connectivity index (χ3n) is 2.63. The monoisotopic (exact) mass is 250 g/mol. The van der Waals surface area contributed by atoms with Crippen molar-refractivity contribution in [1.29, 1.82) is 0 Å². The lowest BCUT2D eigenvalue weighted by atomic mass is 10.0. The van der Waals surface area contributed by atoms with Gasteiger partial charge in [0, 0.05) is 19.3 Å². The van der Waals surface area contributed by atoms with E-state index in [1.54, 1.807) is 12.1 Å². The summed E-state index contributed by atoms with van der Waals surface area (Å²) in [5.74, 6) is -0.521. The lowest BCUT2D eigenvalue weighted by Crippen LogP contribution is -2.06. The lowest BCUT2D eigenvalue weighted by Gasteiger charge is -2.02. The summed E-state index contributed by atoms with van der Waals surface area (Å²) in [7, 11) is 0. The third kappa shape index (κ3) is 3.26. The number of Topliss-reactive ketones (excluding diaryl/α,β-unsaturated/α-hetero) is 1. The average molecular weight is 250 g/mol. The van der Waals surface area contributed by atoms with Crippen LogP contribution < -0.4 is 0 Å². The molecule has 0 saturated heterocycles. The highest BCUT2D eigenvalue weighted by Crippen LogP contribution is 2.12. The van der Waals surface area contributed by atoms with Crippen LogP contribution in [0, 0.1) is 11.6 Å². The van der Waals surface area contributed by atoms with E-state index in [0.717, 1.165) is 18.2 Å². The normalized spacial score (nSPS) is 10.6. The van der Waals surface area contributed by atoms with Gasteiger partial charge in [-0.3, -0.25) is 4.79 Å². The molecule has 18 heavy (non-hydrogen) atoms. The van der Waals surface area contributed by atoms with Gasteiger partial charge in [0.2, 0.25) is 0 Å². The number of carbonyl (C=O) groups excluding carboxylic acids is 1. The van der Waals surface area contributed by atoms with Crippen molar-refractivity contribution in [2.45, 2.75) is 19.3 Å². The predicted octanol–water partition coefficient (Wildman–Crippen LogP) is 3.30. The van der Waals surface area contributed by atoms with Crippen LogP contribution in [0.3, 0.4) is 0 Å². The van der Waals surface area contributed by atoms with E-state index < -0.39 is 11.6 Å². The minimum Gasteiger partial charge on any atom is -0.469 e. The minimum atomic E-state index is -0.553. The minimum absolute atomic E-state index is 0.0930. The number of aryl methyl sites for hydroxylation is 1. The van der Waals surface area contributed by atoms with Crippen LogP contribution >= 0.6 is 0 Å². The summed E-state index contributed by atoms with van der Waals surface area (Å²) in [4.78, 5) is 11.6. The molecular weight excluding hydrogens is 238 g/mol. The summed E-state index contributed by atoms with van der Waals surface area (Å²) in [5.41, 5.74) is 0.0967. The molecule has 0 saturated carbocycles. The summed E-state index contributed by atoms with van der Waals surface area (Å²) in [5, 5.41) is 0. The number of hydrogen-bond acceptors (Lipinski definition) is 2. The van der Waals surface area contributed by atoms with Crippen molar-refractivity contribution in [2.75, 3.05) is 0 Å². The van der Waals surface area contributed by atoms with E-state index in [2.05, 4.69) is 0 Å². The molecule has 0 spiro atoms. The maximum Gasteiger partial charge on any atom is 0.137 e. The second kappa shape index (κ2) is 5.58. The molecule has 2 rings (SSSR count). The van der Waals surface area contributed by atoms with Gasteiger partial charge in [0.15, 0.2) is 0 Å². The molecule has 2 nitrogen and oxygen atoms in total. The van der Waals surface area contributed by atoms with Crippen LogP contribution in [0.1, 0.15) is 17.7 Å². The van der Waals surface area contributed by atoms with E-state index in [1.807, 2.05) is 0 Å². The molecular formula is C14H12F2O2. The number of furan rings is 1. The molecule has 0 atom stereocenters. The Kier molecular flexibility index (Phi) is 3.87. The standard InChI is InChI=1S/C14H12F2O2/c15-11-3-6-14(16)10(8-11)9-12(17)4-5-13-2-1-7-18-13/h1-3,6-8H,4-5,9H2. The summed E-state index contributed by atoms with van der Waals surface area (Å²) >= 11 is 0. The van der Waals surface area contributed by atoms with Crippen molar-refractivity contribution >= 4 is 5.78 Å². The first-order valence-electron chi connectivity index (χ1n) is 5.63. The van der Waals surface area contributed by atoms with Crippen LogP contribution in [0.2, 0.25) is 0 Å². The van der Waals surface area contributed by atoms with Crippen molar-refractivity contribution in [3.8, 4) is 0 Å². The second-order valence-corrected chi connectivity index (χ2v) is 4.03. The van der Waals surface area contributed by atoms with Gasteiger partial charge in [-0.05, 0) is 35.9 Å². The van der Waals surface area contributed by atoms with E-state index >= 15 is 0 Å². The second-order valence-electron chi connectivity index (χ2n) is 4.03. The van der Waals surface area contributed by atoms with Crippen LogP contribution in [0.4, 0.5) is 8.78 Å². The average Bonchev–Trinajstić information content (AvgIpc) is 2.84. The fourth-order valence-electron chi connectivity index (χ4n) is 1.70. The quantitative estimate of drug-likeness (QED) is 0.815. The zero-order valence-electron chi connectivity index (χ0n) is 9.66. The maximum atomic E-state index is 13.3. The molecule has 0 aliphatic rings. The highest BCUT2D eigenvalue weighted by Gasteiger charge is 2.10. The van der Waals surface area contributed by atoms with Gasteiger partial charge in [0.1, 0.15) is 23.2 Å². The first-order chi connectivity index (χ1) is 8.65. The Bertz CT molecular complexity index is 533. The number of halogens is 2. The van der Waals surface area contributed by atoms with Crippen LogP contribution in [0.5, 0.6) is 0 Å². The Labute approximate surface area is 103 Å². The first kappa shape index (κ1) is 12.5. The van der Waals surface area contributed by atoms with Gasteiger partial charge in [0.05, 0.1) is 6.26 Å². The van der Waals surface area contributed by atoms with Crippen LogP contribution in [-0.2, 0) is 17.6 Å². The molecule has 0 aliphatic carbocycles. The summed E-state index contributed by atoms with van der Waals surface area (Å²) in [6.07, 6.45) is 2.17. The van der Waals surface area contributed by atoms with Gasteiger partial charge in [0.25, 0.3) is 0 Å². The Hall–Kier alpha value is -1.97. The smallest absolute Gasteiger partial charge is 0.137 e. The molecule has 0 N–H and O–H groups in total. The Morgan fingerprint density at radius 3 is 2.78 bits per heavy atom. The van der Waals surface area contributed by atoms with Crippen molar-refractivity contribution in [3.05, 3.63) is 59.6 Å². The van der Waals surface area contributed by atoms with E-state index in [9.17, 15) is 13.6 Å². The topological polar surface area (TPSA) is 30.2 Å². The third-order valence-corrected chi connectivity index (χ3v) is 2.63. The van der Waals surface area contributed by atoms with E-state index in [-0.39, 0.29) is 24.2 Å². The molecule has 2 aromatic rings. The molecule has 4 heteroatoms. The highest BCUT2D eigenvalue weighted by molar-refractivity contribution is 5.81. The number of hydrogen-bond donors (Lipinski definition) is 0. The molecule has 1 aromatic heterocycles. The molecule has 0 bridgehead atoms. The van der Waals surface area contributed by atoms with Crippen LogP contribution in [-0.4, -0.2) is 5.78 Å². The van der Waals surface area contributed by atoms with Gasteiger partial charge in [-0.2, -0.15) is 0 Å². The predicted molar refractivity (Wildman–Crippen MR) is 62.1 cm³/mol. The van der Waals surface area contributed by atoms with Gasteiger partial charge < -0.3 is 4.42 Å². The number of ketones is 1. The summed E-state index contributed by atoms with van der Waals surface area (Å²) in [6, 6.07) is 6.64. The van der Waals surface area contributed by atoms with Gasteiger partial charge in [-0.1, -0.05) is 0 Å². The van der Waals surface area contributed by atoms with Gasteiger partial charge >= 0.3 is 0 Å². The molecule has 0 unspecified atom stereocenters. The SMILES string of the molecule is O=C(CCc1ccco1)Cc1cc(F)ccc1F. The van der Waals surface area contributed by atoms with Crippen LogP contribution in [0.25, 0.3) is 0 Å². The van der Waals surface area contributed by atoms with Crippen molar-refractivity contribution in [3.63, 3.8) is 0 Å². The first-order valence-corrected chi connectivity index (χ1v) is 5.63. The Balaban J connectivity index is 1.92. The highest BCUT2D eigenvalue weighted by atomic mass is 19.1. The van der Waals surface area contributed by atoms with E-state index in [0.29, 0.717) is 12.2 Å². The molecule has 1 heterocycles. The van der Waals surface area contributed by atoms with E-state index in [1.165, 1.54) is 6.26 Å². The molecule has 0 fully saturated rings. The van der Waals surface area contributed by atoms with Crippen LogP contribution in [0.15, 0.2) is 41.0 Å². The van der Waals surface area contributed by atoms with Crippen molar-refractivity contribution in [1.82, 2.24) is 0 Å². The number of benzene rings is 1. The molecule has 0 aliphatic heterocycles. The zero-order chi connectivity index (χ0) is 13.0. The maximum absolute atomic E-state index is 13.3. The summed E-state index contributed by atoms with van der Waals surface area (Å²) in [6.45, 7) is 0. The van der Waals surface area contributed by atoms with E-state index in [4.69, 9.17) is 4.42 Å². The lowest BCUT2D eigenvalue weighted by molar-refractivity contribution is -0.118. The van der Waals surface area contributed by atoms with Crippen molar-refractivity contribution < 1.29 is 18.0 Å². The Morgan fingerprint density at radius 1 is 1.22 bits per heavy atom. The van der Waals surface area contributed by atoms with Crippen molar-refractivity contribution in [2.24, 2.45) is 0 Å². The Morgan fingerprint density at radius 2 is 2.06 bits per heavy atom. The number of rotatable bonds is 5. The van der Waals surface area contributed by atoms with Gasteiger partial charge in [-0.15, -0.1) is 0 Å². The summed E-state index contributed by atoms with van der Waals surface area (Å²) < 4.78 is 31.3.